The number of nitrogens with one attached hydrogen (secondary N) is 2. The van der Waals surface area contributed by atoms with Gasteiger partial charge in [-0.1, -0.05) is 157 Å². The Morgan fingerprint density at radius 2 is 1.33 bits per heavy atom. The highest BCUT2D eigenvalue weighted by Crippen LogP contribution is 2.44. The number of thiol groups is 1. The maximum absolute atomic E-state index is 14.7. The summed E-state index contributed by atoms with van der Waals surface area (Å²) in [5.74, 6) is -1.96. The second kappa shape index (κ2) is 20.4. The first-order valence-corrected chi connectivity index (χ1v) is 24.2. The van der Waals surface area contributed by atoms with Gasteiger partial charge in [0.15, 0.2) is 22.8 Å². The molecule has 2 N–H and O–H groups in total. The predicted octanol–water partition coefficient (Wildman–Crippen LogP) is 6.65. The second-order valence-electron chi connectivity index (χ2n) is 16.1. The number of thioether (sulfide) groups is 1. The Kier molecular flexibility index (Phi) is 13.8. The summed E-state index contributed by atoms with van der Waals surface area (Å²) in [7, 11) is 4.05. The maximum Gasteiger partial charge on any atom is 0.356 e. The van der Waals surface area contributed by atoms with Crippen LogP contribution in [0.15, 0.2) is 189 Å². The molecule has 0 saturated carbocycles. The monoisotopic (exact) mass is 988 g/mol. The number of allylic oxidation sites excluding steroid dienone is 1. The molecule has 2 amide bonds. The quantitative estimate of drug-likeness (QED) is 0.0191. The van der Waals surface area contributed by atoms with Crippen LogP contribution in [0.4, 0.5) is 5.13 Å². The number of thiazole rings is 1. The van der Waals surface area contributed by atoms with Crippen LogP contribution in [0.2, 0.25) is 0 Å². The van der Waals surface area contributed by atoms with E-state index in [1.54, 1.807) is 5.38 Å². The Morgan fingerprint density at radius 3 is 1.86 bits per heavy atom. The molecule has 1 saturated heterocycles. The number of ether oxygens (including phenoxy) is 1. The fourth-order valence-corrected chi connectivity index (χ4v) is 10.9. The van der Waals surface area contributed by atoms with Gasteiger partial charge in [0.05, 0.1) is 0 Å². The summed E-state index contributed by atoms with van der Waals surface area (Å²) in [4.78, 5) is 80.1. The van der Waals surface area contributed by atoms with Crippen LogP contribution in [0.3, 0.4) is 0 Å². The van der Waals surface area contributed by atoms with Crippen LogP contribution in [-0.2, 0) is 43.6 Å². The number of fused-ring (bicyclic) bond motifs is 1. The lowest BCUT2D eigenvalue weighted by Gasteiger charge is -2.49. The van der Waals surface area contributed by atoms with Crippen LogP contribution in [0.25, 0.3) is 4.91 Å². The van der Waals surface area contributed by atoms with Crippen LogP contribution in [-0.4, -0.2) is 72.0 Å². The number of aromatic nitrogens is 4. The first-order chi connectivity index (χ1) is 34.0. The third kappa shape index (κ3) is 9.11. The van der Waals surface area contributed by atoms with Crippen LogP contribution >= 0.6 is 35.7 Å². The number of β-lactam (4-membered cyclic amide) rings is 1. The van der Waals surface area contributed by atoms with Gasteiger partial charge in [-0.05, 0) is 39.5 Å². The van der Waals surface area contributed by atoms with Gasteiger partial charge in [-0.25, -0.2) is 14.5 Å². The first kappa shape index (κ1) is 47.3. The fraction of sp³-hybridized carbons (Fsp3) is 0.154. The molecule has 2 aromatic heterocycles. The van der Waals surface area contributed by atoms with Gasteiger partial charge in [-0.15, -0.1) is 35.7 Å². The lowest BCUT2D eigenvalue weighted by Crippen LogP contribution is -2.71. The molecule has 2 aliphatic heterocycles. The van der Waals surface area contributed by atoms with Gasteiger partial charge in [-0.3, -0.25) is 28.6 Å². The molecule has 352 valence electrons. The van der Waals surface area contributed by atoms with Crippen molar-refractivity contribution in [1.29, 1.82) is 0 Å². The van der Waals surface area contributed by atoms with Crippen LogP contribution in [0.5, 0.6) is 0 Å². The van der Waals surface area contributed by atoms with Gasteiger partial charge >= 0.3 is 17.1 Å². The second-order valence-corrected chi connectivity index (χ2v) is 18.6. The van der Waals surface area contributed by atoms with Crippen molar-refractivity contribution in [1.82, 2.24) is 29.5 Å². The van der Waals surface area contributed by atoms with Crippen molar-refractivity contribution < 1.29 is 24.0 Å². The van der Waals surface area contributed by atoms with Crippen molar-refractivity contribution >= 4 is 69.3 Å². The number of benzene rings is 5. The normalized spacial score (nSPS) is 16.1. The number of carbonyl (C=O) groups excluding carboxylic acids is 3. The number of oxime groups is 1. The number of esters is 1. The van der Waals surface area contributed by atoms with E-state index < -0.39 is 52.0 Å². The number of amides is 2. The highest BCUT2D eigenvalue weighted by molar-refractivity contribution is 8.00. The summed E-state index contributed by atoms with van der Waals surface area (Å²) in [5.41, 5.74) is 1.96. The smallest absolute Gasteiger partial charge is 0.356 e. The molecule has 2 atom stereocenters. The summed E-state index contributed by atoms with van der Waals surface area (Å²) in [5, 5.41) is 16.3. The van der Waals surface area contributed by atoms with Gasteiger partial charge in [-0.2, -0.15) is 5.10 Å². The number of carbonyl (C=O) groups is 3. The van der Waals surface area contributed by atoms with Crippen molar-refractivity contribution in [3.8, 4) is 0 Å². The SMILES string of the molecule is CON=C(C(=O)NC1C(=O)N2C(C(=O)OC(c3ccccc3)c3ccccc3)=C(C=C(S)c3nn(C)c(=O)c(=O)n3C)CSC12)c1csc(NC(c2ccccc2)(c2ccccc2)c2ccccc2)n1. The van der Waals surface area contributed by atoms with Gasteiger partial charge in [0.1, 0.15) is 35.5 Å². The highest BCUT2D eigenvalue weighted by Gasteiger charge is 2.55. The summed E-state index contributed by atoms with van der Waals surface area (Å²) in [6.07, 6.45) is 0.658. The van der Waals surface area contributed by atoms with E-state index >= 15 is 0 Å². The molecule has 4 heterocycles. The average molecular weight is 989 g/mol. The molecule has 70 heavy (non-hydrogen) atoms. The van der Waals surface area contributed by atoms with E-state index in [2.05, 4.69) is 33.5 Å². The molecule has 15 nitrogen and oxygen atoms in total. The zero-order chi connectivity index (χ0) is 48.9. The van der Waals surface area contributed by atoms with Crippen molar-refractivity contribution in [2.75, 3.05) is 18.2 Å². The molecule has 0 bridgehead atoms. The number of hydrogen-bond donors (Lipinski definition) is 3. The molecule has 18 heteroatoms. The van der Waals surface area contributed by atoms with E-state index in [4.69, 9.17) is 14.6 Å². The molecule has 5 aromatic carbocycles. The third-order valence-electron chi connectivity index (χ3n) is 11.9. The Hall–Kier alpha value is -7.80. The van der Waals surface area contributed by atoms with E-state index in [-0.39, 0.29) is 33.6 Å². The van der Waals surface area contributed by atoms with Crippen molar-refractivity contribution in [3.05, 3.63) is 234 Å². The minimum atomic E-state index is -1.10. The summed E-state index contributed by atoms with van der Waals surface area (Å²) in [6.45, 7) is 0. The molecule has 7 aromatic rings. The van der Waals surface area contributed by atoms with E-state index in [9.17, 15) is 24.0 Å². The van der Waals surface area contributed by atoms with E-state index in [1.807, 2.05) is 152 Å². The van der Waals surface area contributed by atoms with E-state index in [0.717, 1.165) is 25.9 Å². The zero-order valence-corrected chi connectivity index (χ0v) is 40.4. The lowest BCUT2D eigenvalue weighted by molar-refractivity contribution is -0.154. The standard InChI is InChI=1S/C52H44N8O7S3/c1-58-44(56-59(2)48(64)47(58)63)39(68)29-34-30-69-49-41(46(62)60(49)42(34)50(65)67-43(32-19-9-4-10-20-32)33-21-11-5-12-22-33)54-45(61)40(57-66-3)38-31-70-51(53-38)55-52(35-23-13-6-14-24-35,36-25-15-7-16-26-36)37-27-17-8-18-28-37/h4-29,31,41,43,49,68H,30H2,1-3H3,(H,53,55)(H,54,61). The molecule has 2 unspecified atom stereocenters. The lowest BCUT2D eigenvalue weighted by atomic mass is 9.77. The minimum absolute atomic E-state index is 0.0468. The molecule has 2 aliphatic rings. The minimum Gasteiger partial charge on any atom is -0.448 e. The molecular formula is C52H44N8O7S3. The third-order valence-corrected chi connectivity index (χ3v) is 14.2. The Labute approximate surface area is 415 Å². The molecule has 9 rings (SSSR count). The Bertz CT molecular complexity index is 3160. The molecule has 0 aliphatic carbocycles. The molecule has 0 radical (unpaired) electrons. The van der Waals surface area contributed by atoms with Gasteiger partial charge in [0.2, 0.25) is 0 Å². The Morgan fingerprint density at radius 1 is 0.800 bits per heavy atom. The fourth-order valence-electron chi connectivity index (χ4n) is 8.46. The number of hydrogen-bond acceptors (Lipinski definition) is 14. The van der Waals surface area contributed by atoms with Crippen molar-refractivity contribution in [2.24, 2.45) is 19.3 Å². The molecular weight excluding hydrogens is 945 g/mol. The topological polar surface area (TPSA) is 179 Å². The zero-order valence-electron chi connectivity index (χ0n) is 37.8. The van der Waals surface area contributed by atoms with Crippen molar-refractivity contribution in [2.45, 2.75) is 23.1 Å². The van der Waals surface area contributed by atoms with Crippen LogP contribution in [0.1, 0.15) is 45.4 Å². The number of aryl methyl sites for hydroxylation is 1. The van der Waals surface area contributed by atoms with Crippen LogP contribution < -0.4 is 21.8 Å². The molecule has 0 spiro atoms. The van der Waals surface area contributed by atoms with Gasteiger partial charge in [0, 0.05) is 30.1 Å². The number of anilines is 1. The summed E-state index contributed by atoms with van der Waals surface area (Å²) < 4.78 is 8.29. The first-order valence-electron chi connectivity index (χ1n) is 21.9. The summed E-state index contributed by atoms with van der Waals surface area (Å²) in [6, 6.07) is 47.3. The van der Waals surface area contributed by atoms with Gasteiger partial charge < -0.3 is 20.2 Å². The Balaban J connectivity index is 1.03. The largest absolute Gasteiger partial charge is 0.448 e. The average Bonchev–Trinajstić information content (AvgIpc) is 3.87. The van der Waals surface area contributed by atoms with Crippen LogP contribution in [0, 0.1) is 0 Å². The van der Waals surface area contributed by atoms with E-state index in [1.165, 1.54) is 55.3 Å². The predicted molar refractivity (Wildman–Crippen MR) is 273 cm³/mol. The summed E-state index contributed by atoms with van der Waals surface area (Å²) >= 11 is 7.23. The number of nitrogens with zero attached hydrogens (tertiary/aromatic N) is 6. The van der Waals surface area contributed by atoms with Gasteiger partial charge in [0.25, 0.3) is 11.8 Å². The van der Waals surface area contributed by atoms with Crippen molar-refractivity contribution in [3.63, 3.8) is 0 Å². The maximum atomic E-state index is 14.7. The van der Waals surface area contributed by atoms with E-state index in [0.29, 0.717) is 21.8 Å². The number of rotatable bonds is 15. The highest BCUT2D eigenvalue weighted by atomic mass is 32.2. The molecule has 1 fully saturated rings.